The molecule has 1 aromatic carbocycles. The molecule has 0 unspecified atom stereocenters. The van der Waals surface area contributed by atoms with Gasteiger partial charge in [-0.25, -0.2) is 0 Å². The average Bonchev–Trinajstić information content (AvgIpc) is 2.13. The lowest BCUT2D eigenvalue weighted by atomic mass is 9.98. The first-order valence-electron chi connectivity index (χ1n) is 5.12. The second-order valence-corrected chi connectivity index (χ2v) is 4.20. The number of benzene rings is 1. The van der Waals surface area contributed by atoms with Crippen LogP contribution in [-0.4, -0.2) is 5.91 Å². The van der Waals surface area contributed by atoms with Crippen LogP contribution in [-0.2, 0) is 4.79 Å². The topological polar surface area (TPSA) is 29.1 Å². The van der Waals surface area contributed by atoms with Crippen molar-refractivity contribution in [1.82, 2.24) is 5.32 Å². The predicted octanol–water partition coefficient (Wildman–Crippen LogP) is 3.29. The van der Waals surface area contributed by atoms with Crippen LogP contribution in [0.25, 0.3) is 5.70 Å². The van der Waals surface area contributed by atoms with E-state index in [0.29, 0.717) is 5.70 Å². The summed E-state index contributed by atoms with van der Waals surface area (Å²) in [4.78, 5) is 11.1. The molecule has 0 radical (unpaired) electrons. The van der Waals surface area contributed by atoms with Gasteiger partial charge in [0.15, 0.2) is 0 Å². The molecule has 1 rings (SSSR count). The first kappa shape index (κ1) is 12.8. The minimum Gasteiger partial charge on any atom is -0.325 e. The van der Waals surface area contributed by atoms with Crippen LogP contribution in [0, 0.1) is 20.8 Å². The summed E-state index contributed by atoms with van der Waals surface area (Å²) in [6, 6.07) is 4.15. The molecular weight excluding hydrogens is 222 g/mol. The largest absolute Gasteiger partial charge is 0.325 e. The summed E-state index contributed by atoms with van der Waals surface area (Å²) in [6.45, 7) is 7.54. The molecule has 0 saturated carbocycles. The molecule has 0 aliphatic rings. The van der Waals surface area contributed by atoms with E-state index in [1.807, 2.05) is 20.8 Å². The molecule has 1 N–H and O–H groups in total. The molecule has 86 valence electrons. The minimum absolute atomic E-state index is 0.119. The second kappa shape index (κ2) is 5.17. The highest BCUT2D eigenvalue weighted by Crippen LogP contribution is 2.23. The predicted molar refractivity (Wildman–Crippen MR) is 68.3 cm³/mol. The smallest absolute Gasteiger partial charge is 0.221 e. The van der Waals surface area contributed by atoms with Crippen molar-refractivity contribution in [1.29, 1.82) is 0 Å². The molecule has 0 aliphatic heterocycles. The molecule has 1 aromatic rings. The van der Waals surface area contributed by atoms with Crippen molar-refractivity contribution in [3.05, 3.63) is 39.9 Å². The van der Waals surface area contributed by atoms with E-state index >= 15 is 0 Å². The summed E-state index contributed by atoms with van der Waals surface area (Å²) >= 11 is 5.75. The van der Waals surface area contributed by atoms with Crippen LogP contribution in [0.1, 0.15) is 29.2 Å². The first-order chi connectivity index (χ1) is 7.45. The summed E-state index contributed by atoms with van der Waals surface area (Å²) in [7, 11) is 0. The number of rotatable bonds is 2. The van der Waals surface area contributed by atoms with Crippen LogP contribution in [0.2, 0.25) is 0 Å². The van der Waals surface area contributed by atoms with Crippen LogP contribution in [0.3, 0.4) is 0 Å². The molecule has 0 aromatic heterocycles. The van der Waals surface area contributed by atoms with E-state index < -0.39 is 0 Å². The van der Waals surface area contributed by atoms with Gasteiger partial charge in [-0.1, -0.05) is 29.3 Å². The Balaban J connectivity index is 3.26. The molecule has 1 amide bonds. The van der Waals surface area contributed by atoms with Crippen molar-refractivity contribution < 1.29 is 4.79 Å². The number of nitrogens with one attached hydrogen (secondary N) is 1. The molecule has 0 aliphatic carbocycles. The highest BCUT2D eigenvalue weighted by molar-refractivity contribution is 6.28. The summed E-state index contributed by atoms with van der Waals surface area (Å²) < 4.78 is 0. The number of halogens is 1. The van der Waals surface area contributed by atoms with Crippen LogP contribution in [0.5, 0.6) is 0 Å². The van der Waals surface area contributed by atoms with E-state index in [0.717, 1.165) is 16.7 Å². The van der Waals surface area contributed by atoms with Crippen LogP contribution in [0.15, 0.2) is 17.7 Å². The Bertz CT molecular complexity index is 426. The lowest BCUT2D eigenvalue weighted by Crippen LogP contribution is -2.19. The zero-order chi connectivity index (χ0) is 12.3. The van der Waals surface area contributed by atoms with Gasteiger partial charge in [0.05, 0.1) is 5.70 Å². The van der Waals surface area contributed by atoms with E-state index in [2.05, 4.69) is 17.4 Å². The Labute approximate surface area is 101 Å². The molecule has 0 fully saturated rings. The Kier molecular flexibility index (Phi) is 4.13. The fourth-order valence-corrected chi connectivity index (χ4v) is 2.10. The van der Waals surface area contributed by atoms with Crippen molar-refractivity contribution in [2.75, 3.05) is 0 Å². The van der Waals surface area contributed by atoms with Gasteiger partial charge in [0.1, 0.15) is 0 Å². The molecule has 16 heavy (non-hydrogen) atoms. The molecule has 0 atom stereocenters. The lowest BCUT2D eigenvalue weighted by Gasteiger charge is -2.14. The quantitative estimate of drug-likeness (QED) is 0.840. The van der Waals surface area contributed by atoms with Gasteiger partial charge in [-0.3, -0.25) is 4.79 Å². The summed E-state index contributed by atoms with van der Waals surface area (Å²) in [6.07, 6.45) is 0. The van der Waals surface area contributed by atoms with Crippen molar-refractivity contribution >= 4 is 23.2 Å². The van der Waals surface area contributed by atoms with Gasteiger partial charge in [-0.15, -0.1) is 0 Å². The van der Waals surface area contributed by atoms with Gasteiger partial charge < -0.3 is 5.32 Å². The Hall–Kier alpha value is -1.28. The molecule has 0 heterocycles. The fraction of sp³-hybridized carbons (Fsp3) is 0.308. The maximum absolute atomic E-state index is 11.1. The normalized spacial score (nSPS) is 11.4. The summed E-state index contributed by atoms with van der Waals surface area (Å²) in [5, 5.41) is 2.74. The van der Waals surface area contributed by atoms with Crippen molar-refractivity contribution in [2.45, 2.75) is 27.7 Å². The Morgan fingerprint density at radius 2 is 1.75 bits per heavy atom. The van der Waals surface area contributed by atoms with Crippen molar-refractivity contribution in [3.63, 3.8) is 0 Å². The lowest BCUT2D eigenvalue weighted by molar-refractivity contribution is -0.117. The van der Waals surface area contributed by atoms with Gasteiger partial charge in [-0.05, 0) is 31.9 Å². The standard InChI is InChI=1S/C13H16ClNO/c1-8-5-9(2)13(10(3)6-8)12(7-14)15-11(4)16/h5-7H,1-4H3,(H,15,16). The Morgan fingerprint density at radius 1 is 1.25 bits per heavy atom. The third kappa shape index (κ3) is 2.86. The molecule has 0 spiro atoms. The maximum atomic E-state index is 11.1. The maximum Gasteiger partial charge on any atom is 0.221 e. The molecule has 2 nitrogen and oxygen atoms in total. The van der Waals surface area contributed by atoms with Crippen LogP contribution < -0.4 is 5.32 Å². The number of amides is 1. The highest BCUT2D eigenvalue weighted by atomic mass is 35.5. The second-order valence-electron chi connectivity index (χ2n) is 3.98. The van der Waals surface area contributed by atoms with E-state index in [9.17, 15) is 4.79 Å². The van der Waals surface area contributed by atoms with E-state index in [1.54, 1.807) is 0 Å². The minimum atomic E-state index is -0.119. The van der Waals surface area contributed by atoms with Gasteiger partial charge in [-0.2, -0.15) is 0 Å². The van der Waals surface area contributed by atoms with E-state index in [-0.39, 0.29) is 5.91 Å². The molecule has 3 heteroatoms. The molecule has 0 saturated heterocycles. The Morgan fingerprint density at radius 3 is 2.12 bits per heavy atom. The van der Waals surface area contributed by atoms with Crippen LogP contribution >= 0.6 is 11.6 Å². The van der Waals surface area contributed by atoms with Gasteiger partial charge in [0.2, 0.25) is 5.91 Å². The number of carbonyl (C=O) groups excluding carboxylic acids is 1. The van der Waals surface area contributed by atoms with Crippen molar-refractivity contribution in [2.24, 2.45) is 0 Å². The zero-order valence-corrected chi connectivity index (χ0v) is 10.8. The highest BCUT2D eigenvalue weighted by Gasteiger charge is 2.10. The van der Waals surface area contributed by atoms with E-state index in [1.165, 1.54) is 18.0 Å². The number of hydrogen-bond acceptors (Lipinski definition) is 1. The zero-order valence-electron chi connectivity index (χ0n) is 10.0. The first-order valence-corrected chi connectivity index (χ1v) is 5.55. The van der Waals surface area contributed by atoms with E-state index in [4.69, 9.17) is 11.6 Å². The third-order valence-corrected chi connectivity index (χ3v) is 2.58. The summed E-state index contributed by atoms with van der Waals surface area (Å²) in [5.74, 6) is -0.119. The van der Waals surface area contributed by atoms with Gasteiger partial charge >= 0.3 is 0 Å². The fourth-order valence-electron chi connectivity index (χ4n) is 1.94. The summed E-state index contributed by atoms with van der Waals surface area (Å²) in [5.41, 5.74) is 6.48. The molecular formula is C13H16ClNO. The number of carbonyl (C=O) groups is 1. The molecule has 0 bridgehead atoms. The SMILES string of the molecule is CC(=O)NC(=CCl)c1c(C)cc(C)cc1C. The third-order valence-electron chi connectivity index (χ3n) is 2.37. The van der Waals surface area contributed by atoms with Gasteiger partial charge in [0, 0.05) is 18.0 Å². The number of hydrogen-bond donors (Lipinski definition) is 1. The number of aryl methyl sites for hydroxylation is 3. The van der Waals surface area contributed by atoms with Crippen molar-refractivity contribution in [3.8, 4) is 0 Å². The monoisotopic (exact) mass is 237 g/mol. The van der Waals surface area contributed by atoms with Crippen LogP contribution in [0.4, 0.5) is 0 Å². The average molecular weight is 238 g/mol. The van der Waals surface area contributed by atoms with Gasteiger partial charge in [0.25, 0.3) is 0 Å².